The van der Waals surface area contributed by atoms with Gasteiger partial charge >= 0.3 is 0 Å². The molecule has 0 bridgehead atoms. The van der Waals surface area contributed by atoms with Gasteiger partial charge in [0.1, 0.15) is 0 Å². The third-order valence-corrected chi connectivity index (χ3v) is 1.61. The molecule has 1 aromatic heterocycles. The highest BCUT2D eigenvalue weighted by atomic mass is 16.5. The summed E-state index contributed by atoms with van der Waals surface area (Å²) in [6.45, 7) is 0. The van der Waals surface area contributed by atoms with Gasteiger partial charge in [0.05, 0.1) is 6.26 Å². The van der Waals surface area contributed by atoms with E-state index in [1.807, 2.05) is 24.3 Å². The summed E-state index contributed by atoms with van der Waals surface area (Å²) in [7, 11) is 0. The van der Waals surface area contributed by atoms with Gasteiger partial charge in [0.2, 0.25) is 6.23 Å². The lowest BCUT2D eigenvalue weighted by atomic mass is 10.4. The molecule has 1 aromatic rings. The quantitative estimate of drug-likeness (QED) is 0.668. The zero-order valence-corrected chi connectivity index (χ0v) is 7.45. The molecular weight excluding hydrogens is 178 g/mol. The van der Waals surface area contributed by atoms with Crippen LogP contribution in [0, 0.1) is 0 Å². The molecule has 0 fully saturated rings. The second kappa shape index (κ2) is 4.32. The minimum Gasteiger partial charge on any atom is -0.471 e. The van der Waals surface area contributed by atoms with E-state index in [1.54, 1.807) is 24.6 Å². The fourth-order valence-corrected chi connectivity index (χ4v) is 0.970. The van der Waals surface area contributed by atoms with E-state index in [1.165, 1.54) is 0 Å². The lowest BCUT2D eigenvalue weighted by molar-refractivity contribution is 0.185. The van der Waals surface area contributed by atoms with Crippen LogP contribution in [0.1, 0.15) is 0 Å². The monoisotopic (exact) mass is 187 g/mol. The molecule has 0 aromatic carbocycles. The van der Waals surface area contributed by atoms with Crippen molar-refractivity contribution in [2.45, 2.75) is 6.23 Å². The molecule has 0 spiro atoms. The summed E-state index contributed by atoms with van der Waals surface area (Å²) in [4.78, 5) is 4.01. The van der Waals surface area contributed by atoms with Crippen LogP contribution >= 0.6 is 0 Å². The Balaban J connectivity index is 2.01. The maximum Gasteiger partial charge on any atom is 0.227 e. The molecule has 1 aliphatic heterocycles. The van der Waals surface area contributed by atoms with Crippen molar-refractivity contribution in [2.24, 2.45) is 10.2 Å². The Morgan fingerprint density at radius 2 is 2.29 bits per heavy atom. The lowest BCUT2D eigenvalue weighted by Gasteiger charge is -2.07. The number of hydrogen-bond acceptors (Lipinski definition) is 4. The normalized spacial score (nSPS) is 19.9. The molecule has 1 atom stereocenters. The minimum atomic E-state index is -0.331. The Kier molecular flexibility index (Phi) is 2.66. The maximum atomic E-state index is 5.14. The smallest absolute Gasteiger partial charge is 0.227 e. The third kappa shape index (κ3) is 2.26. The average molecular weight is 187 g/mol. The topological polar surface area (TPSA) is 46.8 Å². The van der Waals surface area contributed by atoms with Gasteiger partial charge in [-0.15, -0.1) is 10.2 Å². The van der Waals surface area contributed by atoms with Crippen molar-refractivity contribution in [1.29, 1.82) is 0 Å². The molecule has 2 heterocycles. The van der Waals surface area contributed by atoms with Crippen molar-refractivity contribution in [3.63, 3.8) is 0 Å². The highest BCUT2D eigenvalue weighted by molar-refractivity contribution is 5.23. The number of aromatic nitrogens is 1. The lowest BCUT2D eigenvalue weighted by Crippen LogP contribution is -2.02. The predicted octanol–water partition coefficient (Wildman–Crippen LogP) is 2.59. The van der Waals surface area contributed by atoms with Crippen LogP contribution in [0.5, 0.6) is 0 Å². The third-order valence-electron chi connectivity index (χ3n) is 1.61. The number of rotatable bonds is 2. The van der Waals surface area contributed by atoms with E-state index in [0.717, 1.165) is 0 Å². The van der Waals surface area contributed by atoms with Crippen LogP contribution in [0.15, 0.2) is 59.1 Å². The van der Waals surface area contributed by atoms with Gasteiger partial charge in [-0.25, -0.2) is 4.98 Å². The molecule has 14 heavy (non-hydrogen) atoms. The van der Waals surface area contributed by atoms with E-state index in [0.29, 0.717) is 5.82 Å². The van der Waals surface area contributed by atoms with Crippen molar-refractivity contribution >= 4 is 5.82 Å². The van der Waals surface area contributed by atoms with Crippen molar-refractivity contribution < 1.29 is 4.74 Å². The second-order valence-corrected chi connectivity index (χ2v) is 2.64. The van der Waals surface area contributed by atoms with E-state index < -0.39 is 0 Å². The van der Waals surface area contributed by atoms with Gasteiger partial charge in [0, 0.05) is 6.20 Å². The number of nitrogens with zero attached hydrogens (tertiary/aromatic N) is 3. The van der Waals surface area contributed by atoms with Gasteiger partial charge in [-0.05, 0) is 24.3 Å². The van der Waals surface area contributed by atoms with Crippen LogP contribution in [-0.2, 0) is 4.74 Å². The summed E-state index contributed by atoms with van der Waals surface area (Å²) in [6, 6.07) is 5.48. The van der Waals surface area contributed by atoms with E-state index in [-0.39, 0.29) is 6.23 Å². The van der Waals surface area contributed by atoms with Gasteiger partial charge in [-0.1, -0.05) is 12.1 Å². The number of allylic oxidation sites excluding steroid dienone is 2. The Morgan fingerprint density at radius 3 is 3.00 bits per heavy atom. The van der Waals surface area contributed by atoms with Crippen LogP contribution in [0.3, 0.4) is 0 Å². The van der Waals surface area contributed by atoms with Gasteiger partial charge in [0.15, 0.2) is 5.82 Å². The summed E-state index contributed by atoms with van der Waals surface area (Å²) < 4.78 is 5.14. The van der Waals surface area contributed by atoms with Crippen molar-refractivity contribution in [3.05, 3.63) is 48.9 Å². The molecule has 0 aliphatic carbocycles. The fraction of sp³-hybridized carbons (Fsp3) is 0.100. The minimum absolute atomic E-state index is 0.331. The summed E-state index contributed by atoms with van der Waals surface area (Å²) >= 11 is 0. The van der Waals surface area contributed by atoms with Crippen molar-refractivity contribution in [2.75, 3.05) is 0 Å². The van der Waals surface area contributed by atoms with Crippen molar-refractivity contribution in [3.8, 4) is 0 Å². The number of pyridine rings is 1. The molecule has 1 unspecified atom stereocenters. The van der Waals surface area contributed by atoms with Gasteiger partial charge in [-0.2, -0.15) is 0 Å². The molecule has 70 valence electrons. The summed E-state index contributed by atoms with van der Waals surface area (Å²) in [6.07, 6.45) is 8.40. The fourth-order valence-electron chi connectivity index (χ4n) is 0.970. The molecule has 4 heteroatoms. The predicted molar refractivity (Wildman–Crippen MR) is 51.9 cm³/mol. The summed E-state index contributed by atoms with van der Waals surface area (Å²) in [5, 5.41) is 7.89. The second-order valence-electron chi connectivity index (χ2n) is 2.64. The molecule has 0 saturated carbocycles. The summed E-state index contributed by atoms with van der Waals surface area (Å²) in [5.74, 6) is 0.582. The van der Waals surface area contributed by atoms with E-state index in [2.05, 4.69) is 15.2 Å². The van der Waals surface area contributed by atoms with Crippen LogP contribution < -0.4 is 0 Å². The standard InChI is InChI=1S/C10H9N3O/c1-3-7-11-9(5-1)12-13-10-6-2-4-8-14-10/h1-8,10H. The molecule has 2 rings (SSSR count). The summed E-state index contributed by atoms with van der Waals surface area (Å²) in [5.41, 5.74) is 0. The Morgan fingerprint density at radius 1 is 1.29 bits per heavy atom. The Labute approximate surface area is 81.7 Å². The number of hydrogen-bond donors (Lipinski definition) is 0. The Hall–Kier alpha value is -1.97. The Bertz CT molecular complexity index is 370. The SMILES string of the molecule is C1=COC(N=Nc2ccccn2)C=C1. The van der Waals surface area contributed by atoms with Crippen molar-refractivity contribution in [1.82, 2.24) is 4.98 Å². The average Bonchev–Trinajstić information content (AvgIpc) is 2.29. The molecule has 0 saturated heterocycles. The molecule has 0 N–H and O–H groups in total. The molecule has 4 nitrogen and oxygen atoms in total. The molecule has 1 aliphatic rings. The van der Waals surface area contributed by atoms with Gasteiger partial charge in [0.25, 0.3) is 0 Å². The van der Waals surface area contributed by atoms with Crippen LogP contribution in [-0.4, -0.2) is 11.2 Å². The highest BCUT2D eigenvalue weighted by Gasteiger charge is 2.01. The first kappa shape index (κ1) is 8.62. The zero-order valence-electron chi connectivity index (χ0n) is 7.45. The van der Waals surface area contributed by atoms with Crippen LogP contribution in [0.25, 0.3) is 0 Å². The van der Waals surface area contributed by atoms with E-state index in [9.17, 15) is 0 Å². The molecule has 0 radical (unpaired) electrons. The first-order chi connectivity index (χ1) is 6.95. The first-order valence-electron chi connectivity index (χ1n) is 4.26. The molecular formula is C10H9N3O. The van der Waals surface area contributed by atoms with E-state index in [4.69, 9.17) is 4.74 Å². The van der Waals surface area contributed by atoms with Crippen LogP contribution in [0.4, 0.5) is 5.82 Å². The van der Waals surface area contributed by atoms with Crippen LogP contribution in [0.2, 0.25) is 0 Å². The number of ether oxygens (including phenoxy) is 1. The number of azo groups is 1. The van der Waals surface area contributed by atoms with Gasteiger partial charge < -0.3 is 4.74 Å². The first-order valence-corrected chi connectivity index (χ1v) is 4.26. The molecule has 0 amide bonds. The largest absolute Gasteiger partial charge is 0.471 e. The van der Waals surface area contributed by atoms with E-state index >= 15 is 0 Å². The van der Waals surface area contributed by atoms with Gasteiger partial charge in [-0.3, -0.25) is 0 Å². The highest BCUT2D eigenvalue weighted by Crippen LogP contribution is 2.10. The zero-order chi connectivity index (χ0) is 9.64. The maximum absolute atomic E-state index is 5.14.